The van der Waals surface area contributed by atoms with Crippen molar-refractivity contribution in [3.05, 3.63) is 192 Å². The number of carbonyl (C=O) groups excluding carboxylic acids is 11. The van der Waals surface area contributed by atoms with E-state index in [1.54, 1.807) is 70.1 Å². The van der Waals surface area contributed by atoms with Gasteiger partial charge in [-0.25, -0.2) is 19.2 Å². The van der Waals surface area contributed by atoms with Gasteiger partial charge in [-0.3, -0.25) is 33.6 Å². The number of hydrogen-bond donors (Lipinski definition) is 8. The van der Waals surface area contributed by atoms with Crippen LogP contribution in [0.3, 0.4) is 0 Å². The van der Waals surface area contributed by atoms with Crippen LogP contribution in [0.2, 0.25) is 0 Å². The number of nitrogens with one attached hydrogen (secondary N) is 8. The molecule has 0 aromatic heterocycles. The third-order valence-electron chi connectivity index (χ3n) is 24.2. The molecule has 4 aliphatic heterocycles. The average Bonchev–Trinajstić information content (AvgIpc) is 0.779. The predicted molar refractivity (Wildman–Crippen MR) is 537 cm³/mol. The summed E-state index contributed by atoms with van der Waals surface area (Å²) in [5.41, 5.74) is 17.8. The Balaban J connectivity index is 0.000000186. The van der Waals surface area contributed by atoms with Gasteiger partial charge in [0.2, 0.25) is 41.4 Å². The maximum absolute atomic E-state index is 12.8. The first-order valence-corrected chi connectivity index (χ1v) is 47.8. The molecule has 1 fully saturated rings. The molecule has 1 saturated carbocycles. The molecular formula is C108H140N12O15. The summed E-state index contributed by atoms with van der Waals surface area (Å²) < 4.78 is 21.2. The summed E-state index contributed by atoms with van der Waals surface area (Å²) in [6, 6.07) is 54.0. The molecule has 0 saturated heterocycles. The fraction of sp³-hybridized carbons (Fsp3) is 0.454. The van der Waals surface area contributed by atoms with Crippen molar-refractivity contribution < 1.29 is 71.7 Å². The molecule has 11 amide bonds. The number of anilines is 8. The number of alkyl carbamates (subject to hydrolysis) is 4. The monoisotopic (exact) mass is 1850 g/mol. The van der Waals surface area contributed by atoms with Gasteiger partial charge in [0.25, 0.3) is 0 Å². The van der Waals surface area contributed by atoms with Crippen molar-refractivity contribution in [1.29, 1.82) is 0 Å². The summed E-state index contributed by atoms with van der Waals surface area (Å²) in [6.45, 7) is 39.7. The smallest absolute Gasteiger partial charge is 0.407 e. The number of amides is 11. The van der Waals surface area contributed by atoms with Crippen LogP contribution in [0.5, 0.6) is 0 Å². The second kappa shape index (κ2) is 48.2. The van der Waals surface area contributed by atoms with Gasteiger partial charge in [0.1, 0.15) is 0 Å². The van der Waals surface area contributed by atoms with E-state index in [9.17, 15) is 52.7 Å². The van der Waals surface area contributed by atoms with Crippen molar-refractivity contribution in [1.82, 2.24) is 21.3 Å². The molecule has 8 atom stereocenters. The number of ether oxygens (including phenoxy) is 4. The Morgan fingerprint density at radius 3 is 0.911 bits per heavy atom. The van der Waals surface area contributed by atoms with Gasteiger partial charge in [-0.15, -0.1) is 0 Å². The first kappa shape index (κ1) is 104. The summed E-state index contributed by atoms with van der Waals surface area (Å²) in [7, 11) is 0. The minimum Gasteiger partial charge on any atom is -0.447 e. The lowest BCUT2D eigenvalue weighted by molar-refractivity contribution is -0.121. The lowest BCUT2D eigenvalue weighted by atomic mass is 9.88. The van der Waals surface area contributed by atoms with E-state index < -0.39 is 24.4 Å². The molecule has 0 spiro atoms. The van der Waals surface area contributed by atoms with Crippen molar-refractivity contribution in [2.75, 3.05) is 47.4 Å². The van der Waals surface area contributed by atoms with Gasteiger partial charge in [-0.2, -0.15) is 0 Å². The van der Waals surface area contributed by atoms with Gasteiger partial charge in [0.05, 0.1) is 48.6 Å². The second-order valence-corrected chi connectivity index (χ2v) is 37.8. The molecular weight excluding hydrogens is 1710 g/mol. The number of carbonyl (C=O) groups is 11. The molecule has 0 bridgehead atoms. The molecule has 1 aliphatic carbocycles. The van der Waals surface area contributed by atoms with Gasteiger partial charge in [-0.1, -0.05) is 127 Å². The van der Waals surface area contributed by atoms with E-state index in [1.807, 2.05) is 227 Å². The van der Waals surface area contributed by atoms with Crippen LogP contribution in [0, 0.1) is 17.8 Å². The van der Waals surface area contributed by atoms with E-state index in [2.05, 4.69) is 80.6 Å². The van der Waals surface area contributed by atoms with Gasteiger partial charge < -0.3 is 81.1 Å². The molecule has 4 heterocycles. The molecule has 8 N–H and O–H groups in total. The minimum atomic E-state index is -0.478. The number of rotatable bonds is 23. The SMILES string of the molecule is CC(=O)N1c2ccc(-c3cccc(NC(=O)C(C)C)c3)cc2[C@H](NC(=O)OC(C)C)C[C@@H]1C.CC(=O)N1c2ccc(-c3cccc(NC(=O)C4CCCCC4)c3)cc2[C@H](NC(=O)OC(C)C)C[C@@H]1C.CC(=O)N1c2ccc(-c3cccc(NCCC(C)C)c3)cc2[C@H](NC(=O)OC(C)C)C[C@@H]1C.CCCC(=O)Nc1cccc(-c2ccc3c(c2)[C@H](NC(=O)OC(C)C)C[C@H](C)N3C(C)=O)c1. The number of fused-ring (bicyclic) bond motifs is 4. The van der Waals surface area contributed by atoms with Gasteiger partial charge in [0.15, 0.2) is 0 Å². The molecule has 722 valence electrons. The minimum absolute atomic E-state index is 0.00365. The zero-order valence-corrected chi connectivity index (χ0v) is 82.4. The first-order valence-electron chi connectivity index (χ1n) is 47.8. The molecule has 135 heavy (non-hydrogen) atoms. The zero-order chi connectivity index (χ0) is 98.3. The highest BCUT2D eigenvalue weighted by Crippen LogP contribution is 2.46. The van der Waals surface area contributed by atoms with Crippen LogP contribution in [0.1, 0.15) is 269 Å². The summed E-state index contributed by atoms with van der Waals surface area (Å²) in [5, 5.41) is 24.4. The standard InChI is InChI=1S/C29H37N3O4.C27H37N3O3.2C26H33N3O4/c1-18(2)36-29(35)31-26-15-19(3)32(20(4)33)27-14-13-23(17-25(26)27)22-11-8-12-24(16-22)30-28(34)21-9-6-5-7-10-21;1-17(2)12-13-28-23-9-7-8-21(15-23)22-10-11-26-24(16-22)25(29-27(32)33-18(3)4)14-19(5)30(26)20(6)31;1-15(2)25(31)27-21-9-7-8-19(13-21)20-10-11-24-22(14-20)23(28-26(32)33-16(3)4)12-17(5)29(24)18(6)30;1-6-8-25(31)27-21-10-7-9-19(14-21)20-11-12-24-22(15-20)23(28-26(32)33-16(2)3)13-17(4)29(24)18(5)30/h8,11-14,16-19,21,26H,5-7,9-10,15H2,1-4H3,(H,30,34)(H,31,35);7-11,15-19,25,28H,12-14H2,1-6H3,(H,29,32);7-11,13-17,23H,12H2,1-6H3,(H,27,31)(H,28,32);7,9-12,14-17,23H,6,8,13H2,1-5H3,(H,27,31)(H,28,32)/t19-,26+;19-,25+;2*17-,23+/m0000/s1. The topological polar surface area (TPSA) is 334 Å². The lowest BCUT2D eigenvalue weighted by Crippen LogP contribution is -2.45. The van der Waals surface area contributed by atoms with Crippen LogP contribution in [0.4, 0.5) is 64.7 Å². The van der Waals surface area contributed by atoms with Crippen LogP contribution >= 0.6 is 0 Å². The van der Waals surface area contributed by atoms with E-state index in [0.29, 0.717) is 38.0 Å². The van der Waals surface area contributed by atoms with E-state index in [-0.39, 0.29) is 126 Å². The van der Waals surface area contributed by atoms with Crippen molar-refractivity contribution >= 4 is 111 Å². The van der Waals surface area contributed by atoms with Crippen molar-refractivity contribution in [3.63, 3.8) is 0 Å². The van der Waals surface area contributed by atoms with Crippen LogP contribution in [0.25, 0.3) is 44.5 Å². The Hall–Kier alpha value is -13.1. The largest absolute Gasteiger partial charge is 0.447 e. The Morgan fingerprint density at radius 2 is 0.630 bits per heavy atom. The van der Waals surface area contributed by atoms with Crippen molar-refractivity contribution in [3.8, 4) is 44.5 Å². The Bertz CT molecular complexity index is 5530. The highest BCUT2D eigenvalue weighted by molar-refractivity contribution is 5.99. The summed E-state index contributed by atoms with van der Waals surface area (Å²) in [6.07, 6.45) is 7.35. The van der Waals surface area contributed by atoms with Crippen LogP contribution in [-0.4, -0.2) is 121 Å². The van der Waals surface area contributed by atoms with E-state index in [4.69, 9.17) is 18.9 Å². The summed E-state index contributed by atoms with van der Waals surface area (Å²) in [5.74, 6) is 0.533. The Kier molecular flexibility index (Phi) is 37.2. The normalized spacial score (nSPS) is 18.2. The summed E-state index contributed by atoms with van der Waals surface area (Å²) >= 11 is 0. The molecule has 0 radical (unpaired) electrons. The third-order valence-corrected chi connectivity index (χ3v) is 24.2. The van der Waals surface area contributed by atoms with E-state index in [1.165, 1.54) is 6.42 Å². The van der Waals surface area contributed by atoms with Crippen molar-refractivity contribution in [2.45, 2.75) is 295 Å². The number of nitrogens with zero attached hydrogens (tertiary/aromatic N) is 4. The highest BCUT2D eigenvalue weighted by atomic mass is 16.6. The van der Waals surface area contributed by atoms with Crippen LogP contribution < -0.4 is 62.1 Å². The lowest BCUT2D eigenvalue weighted by Gasteiger charge is -2.39. The Morgan fingerprint density at radius 1 is 0.348 bits per heavy atom. The summed E-state index contributed by atoms with van der Waals surface area (Å²) in [4.78, 5) is 143. The highest BCUT2D eigenvalue weighted by Gasteiger charge is 2.39. The average molecular weight is 1850 g/mol. The fourth-order valence-electron chi connectivity index (χ4n) is 18.2. The molecule has 27 nitrogen and oxygen atoms in total. The van der Waals surface area contributed by atoms with Gasteiger partial charge in [0, 0.05) is 122 Å². The Labute approximate surface area is 796 Å². The molecule has 13 rings (SSSR count). The third kappa shape index (κ3) is 28.7. The molecule has 8 aromatic rings. The van der Waals surface area contributed by atoms with Crippen molar-refractivity contribution in [2.24, 2.45) is 17.8 Å². The number of hydrogen-bond acceptors (Lipinski definition) is 16. The zero-order valence-electron chi connectivity index (χ0n) is 82.4. The number of benzene rings is 8. The van der Waals surface area contributed by atoms with Crippen LogP contribution in [-0.2, 0) is 52.5 Å². The molecule has 8 aromatic carbocycles. The van der Waals surface area contributed by atoms with E-state index in [0.717, 1.165) is 157 Å². The first-order chi connectivity index (χ1) is 64.1. The quantitative estimate of drug-likeness (QED) is 0.0276. The molecule has 0 unspecified atom stereocenters. The molecule has 27 heteroatoms. The maximum atomic E-state index is 12.8. The molecule has 5 aliphatic rings. The van der Waals surface area contributed by atoms with Gasteiger partial charge >= 0.3 is 24.4 Å². The van der Waals surface area contributed by atoms with Crippen LogP contribution in [0.15, 0.2) is 170 Å². The second-order valence-electron chi connectivity index (χ2n) is 37.8. The van der Waals surface area contributed by atoms with E-state index >= 15 is 0 Å². The fourth-order valence-corrected chi connectivity index (χ4v) is 18.2. The van der Waals surface area contributed by atoms with Gasteiger partial charge in [-0.05, 0) is 304 Å². The maximum Gasteiger partial charge on any atom is 0.407 e. The predicted octanol–water partition coefficient (Wildman–Crippen LogP) is 23.0.